The van der Waals surface area contributed by atoms with Gasteiger partial charge in [0.05, 0.1) is 23.3 Å². The van der Waals surface area contributed by atoms with Crippen LogP contribution in [0.4, 0.5) is 0 Å². The fraction of sp³-hybridized carbons (Fsp3) is 0.643. The monoisotopic (exact) mass is 326 g/mol. The fourth-order valence-corrected chi connectivity index (χ4v) is 5.02. The summed E-state index contributed by atoms with van der Waals surface area (Å²) < 4.78 is 22.7. The summed E-state index contributed by atoms with van der Waals surface area (Å²) >= 11 is 0. The molecule has 2 heterocycles. The lowest BCUT2D eigenvalue weighted by Gasteiger charge is -2.16. The highest BCUT2D eigenvalue weighted by Crippen LogP contribution is 2.34. The number of rotatable bonds is 3. The molecule has 3 rings (SSSR count). The van der Waals surface area contributed by atoms with E-state index in [0.29, 0.717) is 19.3 Å². The van der Waals surface area contributed by atoms with Gasteiger partial charge in [0.15, 0.2) is 9.84 Å². The fourth-order valence-electron chi connectivity index (χ4n) is 3.35. The summed E-state index contributed by atoms with van der Waals surface area (Å²) in [6.45, 7) is -0.318. The van der Waals surface area contributed by atoms with Gasteiger partial charge in [-0.1, -0.05) is 12.2 Å². The Morgan fingerprint density at radius 2 is 1.77 bits per heavy atom. The van der Waals surface area contributed by atoms with Crippen molar-refractivity contribution in [3.8, 4) is 0 Å². The first-order valence-corrected chi connectivity index (χ1v) is 9.19. The summed E-state index contributed by atoms with van der Waals surface area (Å²) in [7, 11) is -3.08. The Kier molecular flexibility index (Phi) is 3.80. The molecule has 0 aromatic heterocycles. The van der Waals surface area contributed by atoms with Gasteiger partial charge in [0.1, 0.15) is 6.54 Å². The Bertz CT molecular complexity index is 628. The molecule has 0 spiro atoms. The van der Waals surface area contributed by atoms with Crippen LogP contribution in [0.15, 0.2) is 12.2 Å². The molecule has 2 aliphatic heterocycles. The van der Waals surface area contributed by atoms with E-state index in [4.69, 9.17) is 0 Å². The molecule has 0 saturated carbocycles. The predicted octanol–water partition coefficient (Wildman–Crippen LogP) is -0.759. The van der Waals surface area contributed by atoms with Gasteiger partial charge >= 0.3 is 0 Å². The highest BCUT2D eigenvalue weighted by atomic mass is 32.2. The Morgan fingerprint density at radius 1 is 1.18 bits per heavy atom. The van der Waals surface area contributed by atoms with Crippen LogP contribution >= 0.6 is 0 Å². The third-order valence-corrected chi connectivity index (χ3v) is 6.27. The zero-order chi connectivity index (χ0) is 15.9. The van der Waals surface area contributed by atoms with Crippen molar-refractivity contribution in [3.05, 3.63) is 12.2 Å². The Balaban J connectivity index is 1.60. The van der Waals surface area contributed by atoms with E-state index < -0.39 is 21.8 Å². The summed E-state index contributed by atoms with van der Waals surface area (Å²) in [6, 6.07) is -0.422. The third-order valence-electron chi connectivity index (χ3n) is 4.50. The minimum Gasteiger partial charge on any atom is -0.351 e. The smallest absolute Gasteiger partial charge is 0.240 e. The van der Waals surface area contributed by atoms with Crippen LogP contribution in [0.3, 0.4) is 0 Å². The summed E-state index contributed by atoms with van der Waals surface area (Å²) in [5.74, 6) is -1.78. The lowest BCUT2D eigenvalue weighted by atomic mass is 9.85. The van der Waals surface area contributed by atoms with Crippen LogP contribution in [0, 0.1) is 11.8 Å². The molecule has 3 aliphatic rings. The average Bonchev–Trinajstić information content (AvgIpc) is 2.92. The minimum atomic E-state index is -3.08. The number of nitrogens with one attached hydrogen (secondary N) is 1. The molecule has 22 heavy (non-hydrogen) atoms. The second-order valence-electron chi connectivity index (χ2n) is 6.09. The number of hydrogen-bond donors (Lipinski definition) is 1. The van der Waals surface area contributed by atoms with Crippen molar-refractivity contribution in [2.75, 3.05) is 18.1 Å². The first-order chi connectivity index (χ1) is 10.4. The Labute approximate surface area is 128 Å². The molecule has 2 fully saturated rings. The van der Waals surface area contributed by atoms with Gasteiger partial charge in [0.2, 0.25) is 17.7 Å². The zero-order valence-electron chi connectivity index (χ0n) is 12.0. The first-order valence-electron chi connectivity index (χ1n) is 7.37. The minimum absolute atomic E-state index is 0.0648. The third kappa shape index (κ3) is 2.79. The van der Waals surface area contributed by atoms with E-state index in [9.17, 15) is 22.8 Å². The lowest BCUT2D eigenvalue weighted by molar-refractivity contribution is -0.143. The van der Waals surface area contributed by atoms with E-state index in [0.717, 1.165) is 4.90 Å². The summed E-state index contributed by atoms with van der Waals surface area (Å²) in [6.07, 6.45) is 5.23. The molecule has 3 atom stereocenters. The Hall–Kier alpha value is -1.70. The molecule has 0 bridgehead atoms. The second kappa shape index (κ2) is 5.49. The van der Waals surface area contributed by atoms with Crippen LogP contribution in [0.25, 0.3) is 0 Å². The maximum absolute atomic E-state index is 12.2. The molecule has 2 saturated heterocycles. The van der Waals surface area contributed by atoms with Crippen LogP contribution in [0.2, 0.25) is 0 Å². The standard InChI is InChI=1S/C14H18N2O5S/c17-12(15-9-5-6-22(20,21)8-9)7-16-13(18)10-3-1-2-4-11(10)14(16)19/h1-2,9-11H,3-8H2,(H,15,17)/t9-,10-,11-/m0/s1. The summed E-state index contributed by atoms with van der Waals surface area (Å²) in [5, 5.41) is 2.60. The summed E-state index contributed by atoms with van der Waals surface area (Å²) in [5.41, 5.74) is 0. The maximum Gasteiger partial charge on any atom is 0.240 e. The van der Waals surface area contributed by atoms with E-state index in [1.165, 1.54) is 0 Å². The van der Waals surface area contributed by atoms with Crippen molar-refractivity contribution in [3.63, 3.8) is 0 Å². The SMILES string of the molecule is O=C(CN1C(=O)[C@H]2CC=CC[C@@H]2C1=O)N[C@H]1CCS(=O)(=O)C1. The number of sulfone groups is 1. The number of fused-ring (bicyclic) bond motifs is 1. The van der Waals surface area contributed by atoms with E-state index in [1.807, 2.05) is 12.2 Å². The molecule has 7 nitrogen and oxygen atoms in total. The second-order valence-corrected chi connectivity index (χ2v) is 8.31. The predicted molar refractivity (Wildman–Crippen MR) is 77.3 cm³/mol. The van der Waals surface area contributed by atoms with Gasteiger partial charge in [-0.2, -0.15) is 0 Å². The molecule has 0 radical (unpaired) electrons. The van der Waals surface area contributed by atoms with Gasteiger partial charge in [-0.05, 0) is 19.3 Å². The number of carbonyl (C=O) groups is 3. The largest absolute Gasteiger partial charge is 0.351 e. The molecule has 0 unspecified atom stereocenters. The van der Waals surface area contributed by atoms with Gasteiger partial charge in [0, 0.05) is 6.04 Å². The normalized spacial score (nSPS) is 33.1. The van der Waals surface area contributed by atoms with Crippen molar-refractivity contribution < 1.29 is 22.8 Å². The molecular weight excluding hydrogens is 308 g/mol. The number of imide groups is 1. The van der Waals surface area contributed by atoms with Crippen molar-refractivity contribution >= 4 is 27.6 Å². The van der Waals surface area contributed by atoms with E-state index >= 15 is 0 Å². The van der Waals surface area contributed by atoms with Gasteiger partial charge in [-0.3, -0.25) is 19.3 Å². The molecule has 8 heteroatoms. The van der Waals surface area contributed by atoms with Crippen LogP contribution in [-0.2, 0) is 24.2 Å². The molecule has 1 N–H and O–H groups in total. The molecule has 0 aromatic carbocycles. The Morgan fingerprint density at radius 3 is 2.27 bits per heavy atom. The van der Waals surface area contributed by atoms with Crippen LogP contribution < -0.4 is 5.32 Å². The number of hydrogen-bond acceptors (Lipinski definition) is 5. The molecule has 3 amide bonds. The average molecular weight is 326 g/mol. The van der Waals surface area contributed by atoms with Crippen LogP contribution in [0.1, 0.15) is 19.3 Å². The number of likely N-dealkylation sites (tertiary alicyclic amines) is 1. The van der Waals surface area contributed by atoms with Gasteiger partial charge in [-0.15, -0.1) is 0 Å². The topological polar surface area (TPSA) is 101 Å². The number of carbonyl (C=O) groups excluding carboxylic acids is 3. The van der Waals surface area contributed by atoms with Crippen molar-refractivity contribution in [2.45, 2.75) is 25.3 Å². The molecule has 0 aromatic rings. The molecule has 120 valence electrons. The van der Waals surface area contributed by atoms with Crippen LogP contribution in [-0.4, -0.2) is 55.1 Å². The van der Waals surface area contributed by atoms with E-state index in [2.05, 4.69) is 5.32 Å². The van der Waals surface area contributed by atoms with E-state index in [-0.39, 0.29) is 41.7 Å². The number of allylic oxidation sites excluding steroid dienone is 2. The van der Waals surface area contributed by atoms with Crippen LogP contribution in [0.5, 0.6) is 0 Å². The summed E-state index contributed by atoms with van der Waals surface area (Å²) in [4.78, 5) is 37.5. The number of nitrogens with zero attached hydrogens (tertiary/aromatic N) is 1. The highest BCUT2D eigenvalue weighted by Gasteiger charge is 2.47. The van der Waals surface area contributed by atoms with Crippen molar-refractivity contribution in [2.24, 2.45) is 11.8 Å². The molecule has 1 aliphatic carbocycles. The van der Waals surface area contributed by atoms with E-state index in [1.54, 1.807) is 0 Å². The van der Waals surface area contributed by atoms with Crippen molar-refractivity contribution in [1.82, 2.24) is 10.2 Å². The van der Waals surface area contributed by atoms with Gasteiger partial charge < -0.3 is 5.32 Å². The quantitative estimate of drug-likeness (QED) is 0.543. The highest BCUT2D eigenvalue weighted by molar-refractivity contribution is 7.91. The maximum atomic E-state index is 12.2. The zero-order valence-corrected chi connectivity index (χ0v) is 12.8. The first kappa shape index (κ1) is 15.2. The van der Waals surface area contributed by atoms with Crippen molar-refractivity contribution in [1.29, 1.82) is 0 Å². The van der Waals surface area contributed by atoms with Gasteiger partial charge in [-0.25, -0.2) is 8.42 Å². The lowest BCUT2D eigenvalue weighted by Crippen LogP contribution is -2.44. The van der Waals surface area contributed by atoms with Gasteiger partial charge in [0.25, 0.3) is 0 Å². The number of amides is 3. The molecular formula is C14H18N2O5S.